The molecule has 0 aliphatic rings. The number of ether oxygens (including phenoxy) is 1. The Balaban J connectivity index is 1.62. The van der Waals surface area contributed by atoms with Crippen LogP contribution < -0.4 is 4.74 Å². The second-order valence-corrected chi connectivity index (χ2v) is 7.82. The largest absolute Gasteiger partial charge is 0.496 e. The lowest BCUT2D eigenvalue weighted by molar-refractivity contribution is 0.416. The van der Waals surface area contributed by atoms with Crippen molar-refractivity contribution in [1.82, 2.24) is 9.55 Å². The molecule has 0 radical (unpaired) electrons. The summed E-state index contributed by atoms with van der Waals surface area (Å²) in [7, 11) is 1.63. The first-order chi connectivity index (χ1) is 16.2. The van der Waals surface area contributed by atoms with Gasteiger partial charge in [0.05, 0.1) is 19.1 Å². The van der Waals surface area contributed by atoms with Crippen LogP contribution in [0.5, 0.6) is 5.75 Å². The summed E-state index contributed by atoms with van der Waals surface area (Å²) in [6.45, 7) is 0.562. The predicted molar refractivity (Wildman–Crippen MR) is 131 cm³/mol. The number of rotatable bonds is 6. The van der Waals surface area contributed by atoms with E-state index in [1.807, 2.05) is 53.1 Å². The third kappa shape index (κ3) is 4.15. The zero-order valence-corrected chi connectivity index (χ0v) is 18.3. The van der Waals surface area contributed by atoms with Gasteiger partial charge in [-0.1, -0.05) is 72.8 Å². The van der Waals surface area contributed by atoms with Crippen molar-refractivity contribution in [3.63, 3.8) is 0 Å². The molecule has 0 aliphatic heterocycles. The van der Waals surface area contributed by atoms with E-state index in [9.17, 15) is 4.39 Å². The van der Waals surface area contributed by atoms with Gasteiger partial charge >= 0.3 is 0 Å². The minimum absolute atomic E-state index is 0.284. The Bertz CT molecular complexity index is 1390. The van der Waals surface area contributed by atoms with Crippen molar-refractivity contribution in [1.29, 1.82) is 0 Å². The van der Waals surface area contributed by atoms with Crippen LogP contribution in [0.25, 0.3) is 33.6 Å². The lowest BCUT2D eigenvalue weighted by Gasteiger charge is -2.14. The Morgan fingerprint density at radius 3 is 2.24 bits per heavy atom. The van der Waals surface area contributed by atoms with Gasteiger partial charge in [0.1, 0.15) is 17.3 Å². The van der Waals surface area contributed by atoms with E-state index in [1.54, 1.807) is 25.6 Å². The van der Waals surface area contributed by atoms with Crippen LogP contribution in [0.3, 0.4) is 0 Å². The highest BCUT2D eigenvalue weighted by molar-refractivity contribution is 5.82. The maximum Gasteiger partial charge on any atom is 0.132 e. The zero-order valence-electron chi connectivity index (χ0n) is 18.3. The Kier molecular flexibility index (Phi) is 5.73. The van der Waals surface area contributed by atoms with Gasteiger partial charge in [0.15, 0.2) is 0 Å². The molecule has 0 bridgehead atoms. The van der Waals surface area contributed by atoms with Crippen molar-refractivity contribution in [3.05, 3.63) is 121 Å². The molecule has 162 valence electrons. The van der Waals surface area contributed by atoms with E-state index in [2.05, 4.69) is 36.4 Å². The fraction of sp³-hybridized carbons (Fsp3) is 0.0690. The molecule has 1 heterocycles. The first-order valence-electron chi connectivity index (χ1n) is 10.8. The number of aromatic nitrogens is 2. The molecule has 4 heteroatoms. The molecule has 33 heavy (non-hydrogen) atoms. The van der Waals surface area contributed by atoms with Crippen LogP contribution in [0.2, 0.25) is 0 Å². The molecule has 0 aliphatic carbocycles. The summed E-state index contributed by atoms with van der Waals surface area (Å²) in [6, 6.07) is 33.2. The lowest BCUT2D eigenvalue weighted by Crippen LogP contribution is -2.02. The number of methoxy groups -OCH3 is 1. The maximum atomic E-state index is 15.0. The van der Waals surface area contributed by atoms with Gasteiger partial charge in [-0.05, 0) is 47.0 Å². The second-order valence-electron chi connectivity index (χ2n) is 7.82. The van der Waals surface area contributed by atoms with E-state index in [0.717, 1.165) is 27.9 Å². The molecule has 0 spiro atoms. The van der Waals surface area contributed by atoms with Gasteiger partial charge in [-0.3, -0.25) is 0 Å². The Morgan fingerprint density at radius 2 is 1.45 bits per heavy atom. The molecule has 0 unspecified atom stereocenters. The molecule has 0 amide bonds. The van der Waals surface area contributed by atoms with Gasteiger partial charge in [0.2, 0.25) is 0 Å². The highest BCUT2D eigenvalue weighted by Gasteiger charge is 2.20. The molecule has 0 atom stereocenters. The fourth-order valence-corrected chi connectivity index (χ4v) is 4.15. The molecule has 4 aromatic carbocycles. The summed E-state index contributed by atoms with van der Waals surface area (Å²) in [5, 5.41) is 0. The smallest absolute Gasteiger partial charge is 0.132 e. The van der Waals surface area contributed by atoms with Gasteiger partial charge in [0, 0.05) is 17.7 Å². The van der Waals surface area contributed by atoms with E-state index >= 15 is 0 Å². The molecule has 0 saturated heterocycles. The summed E-state index contributed by atoms with van der Waals surface area (Å²) in [6.07, 6.45) is 1.78. The molecule has 5 rings (SSSR count). The Morgan fingerprint density at radius 1 is 0.758 bits per heavy atom. The number of hydrogen-bond acceptors (Lipinski definition) is 2. The van der Waals surface area contributed by atoms with Crippen LogP contribution in [0, 0.1) is 5.82 Å². The Hall–Kier alpha value is -4.18. The summed E-state index contributed by atoms with van der Waals surface area (Å²) in [4.78, 5) is 4.71. The predicted octanol–water partition coefficient (Wildman–Crippen LogP) is 7.08. The summed E-state index contributed by atoms with van der Waals surface area (Å²) >= 11 is 0. The minimum Gasteiger partial charge on any atom is -0.496 e. The molecule has 3 nitrogen and oxygen atoms in total. The monoisotopic (exact) mass is 434 g/mol. The second kappa shape index (κ2) is 9.13. The van der Waals surface area contributed by atoms with E-state index in [4.69, 9.17) is 9.72 Å². The summed E-state index contributed by atoms with van der Waals surface area (Å²) < 4.78 is 22.5. The number of para-hydroxylation sites is 1. The first kappa shape index (κ1) is 20.7. The summed E-state index contributed by atoms with van der Waals surface area (Å²) in [5.74, 6) is 0.417. The maximum absolute atomic E-state index is 15.0. The average Bonchev–Trinajstić information content (AvgIpc) is 3.28. The molecule has 0 fully saturated rings. The average molecular weight is 435 g/mol. The van der Waals surface area contributed by atoms with Crippen molar-refractivity contribution in [2.75, 3.05) is 7.11 Å². The van der Waals surface area contributed by atoms with Crippen molar-refractivity contribution < 1.29 is 9.13 Å². The summed E-state index contributed by atoms with van der Waals surface area (Å²) in [5.41, 5.74) is 6.17. The SMILES string of the molecule is COc1ccccc1-c1ncn(Cc2cccc(-c3ccccc3)c2)c1-c1ccccc1F. The minimum atomic E-state index is -0.284. The standard InChI is InChI=1S/C29H23FN2O/c1-33-27-17-8-6-15-25(27)28-29(24-14-5-7-16-26(24)30)32(20-31-28)19-21-10-9-13-23(18-21)22-11-3-2-4-12-22/h2-18,20H,19H2,1H3. The van der Waals surface area contributed by atoms with E-state index < -0.39 is 0 Å². The van der Waals surface area contributed by atoms with E-state index in [-0.39, 0.29) is 5.82 Å². The van der Waals surface area contributed by atoms with Crippen molar-refractivity contribution in [3.8, 4) is 39.4 Å². The molecule has 5 aromatic rings. The first-order valence-corrected chi connectivity index (χ1v) is 10.8. The van der Waals surface area contributed by atoms with Gasteiger partial charge < -0.3 is 9.30 Å². The fourth-order valence-electron chi connectivity index (χ4n) is 4.15. The number of nitrogens with zero attached hydrogens (tertiary/aromatic N) is 2. The number of benzene rings is 4. The zero-order chi connectivity index (χ0) is 22.6. The molecule has 0 N–H and O–H groups in total. The number of hydrogen-bond donors (Lipinski definition) is 0. The molecular formula is C29H23FN2O. The van der Waals surface area contributed by atoms with Gasteiger partial charge in [-0.15, -0.1) is 0 Å². The third-order valence-corrected chi connectivity index (χ3v) is 5.72. The van der Waals surface area contributed by atoms with Gasteiger partial charge in [-0.25, -0.2) is 9.37 Å². The number of halogens is 1. The van der Waals surface area contributed by atoms with Crippen LogP contribution in [0.1, 0.15) is 5.56 Å². The van der Waals surface area contributed by atoms with E-state index in [1.165, 1.54) is 6.07 Å². The van der Waals surface area contributed by atoms with Crippen LogP contribution in [-0.2, 0) is 6.54 Å². The lowest BCUT2D eigenvalue weighted by atomic mass is 10.0. The number of imidazole rings is 1. The van der Waals surface area contributed by atoms with Crippen LogP contribution in [0.15, 0.2) is 109 Å². The van der Waals surface area contributed by atoms with Crippen LogP contribution in [-0.4, -0.2) is 16.7 Å². The topological polar surface area (TPSA) is 27.1 Å². The highest BCUT2D eigenvalue weighted by Crippen LogP contribution is 2.37. The molecule has 1 aromatic heterocycles. The van der Waals surface area contributed by atoms with Crippen molar-refractivity contribution in [2.24, 2.45) is 0 Å². The van der Waals surface area contributed by atoms with Crippen LogP contribution >= 0.6 is 0 Å². The van der Waals surface area contributed by atoms with Crippen LogP contribution in [0.4, 0.5) is 4.39 Å². The molecular weight excluding hydrogens is 411 g/mol. The van der Waals surface area contributed by atoms with Crippen molar-refractivity contribution >= 4 is 0 Å². The molecule has 0 saturated carbocycles. The van der Waals surface area contributed by atoms with Gasteiger partial charge in [0.25, 0.3) is 0 Å². The Labute approximate surface area is 192 Å². The van der Waals surface area contributed by atoms with E-state index in [0.29, 0.717) is 23.6 Å². The highest BCUT2D eigenvalue weighted by atomic mass is 19.1. The van der Waals surface area contributed by atoms with Crippen molar-refractivity contribution in [2.45, 2.75) is 6.54 Å². The normalized spacial score (nSPS) is 10.8. The third-order valence-electron chi connectivity index (χ3n) is 5.72. The van der Waals surface area contributed by atoms with Gasteiger partial charge in [-0.2, -0.15) is 0 Å². The quantitative estimate of drug-likeness (QED) is 0.285.